The molecule has 0 saturated carbocycles. The van der Waals surface area contributed by atoms with E-state index in [0.717, 1.165) is 31.5 Å². The van der Waals surface area contributed by atoms with E-state index in [2.05, 4.69) is 5.32 Å². The lowest BCUT2D eigenvalue weighted by molar-refractivity contribution is -0.122. The van der Waals surface area contributed by atoms with Crippen LogP contribution < -0.4 is 5.32 Å². The number of hydrogen-bond donors (Lipinski definition) is 1. The smallest absolute Gasteiger partial charge is 0.159 e. The van der Waals surface area contributed by atoms with Crippen molar-refractivity contribution in [2.75, 3.05) is 13.1 Å². The average Bonchev–Trinajstić information content (AvgIpc) is 2.35. The van der Waals surface area contributed by atoms with Crippen molar-refractivity contribution in [2.24, 2.45) is 5.92 Å². The second-order valence-corrected chi connectivity index (χ2v) is 4.43. The summed E-state index contributed by atoms with van der Waals surface area (Å²) in [4.78, 5) is 11.9. The number of piperidine rings is 1. The molecule has 1 saturated heterocycles. The van der Waals surface area contributed by atoms with E-state index in [1.807, 2.05) is 0 Å². The summed E-state index contributed by atoms with van der Waals surface area (Å²) in [6.07, 6.45) is 2.06. The second-order valence-electron chi connectivity index (χ2n) is 4.43. The van der Waals surface area contributed by atoms with Crippen LogP contribution in [-0.4, -0.2) is 18.9 Å². The van der Waals surface area contributed by atoms with Crippen molar-refractivity contribution in [2.45, 2.75) is 19.3 Å². The Bertz CT molecular complexity index is 414. The molecule has 17 heavy (non-hydrogen) atoms. The van der Waals surface area contributed by atoms with E-state index in [0.29, 0.717) is 12.1 Å². The van der Waals surface area contributed by atoms with Crippen molar-refractivity contribution in [3.8, 4) is 0 Å². The first kappa shape index (κ1) is 12.2. The van der Waals surface area contributed by atoms with Gasteiger partial charge in [0, 0.05) is 18.9 Å². The van der Waals surface area contributed by atoms with Crippen LogP contribution in [-0.2, 0) is 11.2 Å². The van der Waals surface area contributed by atoms with Gasteiger partial charge in [0.1, 0.15) is 5.78 Å². The topological polar surface area (TPSA) is 29.1 Å². The molecule has 0 spiro atoms. The van der Waals surface area contributed by atoms with Crippen molar-refractivity contribution in [1.29, 1.82) is 0 Å². The number of halogens is 2. The van der Waals surface area contributed by atoms with Crippen molar-refractivity contribution in [1.82, 2.24) is 5.32 Å². The molecule has 2 nitrogen and oxygen atoms in total. The number of Topliss-reactive ketones (excluding diaryl/α,β-unsaturated/α-hetero) is 1. The number of carbonyl (C=O) groups is 1. The minimum absolute atomic E-state index is 0.0110. The summed E-state index contributed by atoms with van der Waals surface area (Å²) in [6, 6.07) is 3.63. The number of benzene rings is 1. The highest BCUT2D eigenvalue weighted by Crippen LogP contribution is 2.15. The van der Waals surface area contributed by atoms with Crippen LogP contribution in [0.4, 0.5) is 8.78 Å². The largest absolute Gasteiger partial charge is 0.316 e. The van der Waals surface area contributed by atoms with Gasteiger partial charge in [0.15, 0.2) is 11.6 Å². The van der Waals surface area contributed by atoms with Crippen molar-refractivity contribution >= 4 is 5.78 Å². The molecule has 0 bridgehead atoms. The van der Waals surface area contributed by atoms with Crippen LogP contribution in [0, 0.1) is 17.6 Å². The molecule has 4 heteroatoms. The number of nitrogens with one attached hydrogen (secondary N) is 1. The van der Waals surface area contributed by atoms with Gasteiger partial charge in [0.2, 0.25) is 0 Å². The van der Waals surface area contributed by atoms with Crippen LogP contribution in [0.2, 0.25) is 0 Å². The molecular formula is C13H15F2NO. The Labute approximate surface area is 99.0 Å². The van der Waals surface area contributed by atoms with Crippen molar-refractivity contribution < 1.29 is 13.6 Å². The van der Waals surface area contributed by atoms with Gasteiger partial charge in [0.25, 0.3) is 0 Å². The Morgan fingerprint density at radius 2 is 2.18 bits per heavy atom. The van der Waals surface area contributed by atoms with E-state index in [-0.39, 0.29) is 18.1 Å². The lowest BCUT2D eigenvalue weighted by atomic mass is 9.91. The fourth-order valence-electron chi connectivity index (χ4n) is 2.12. The molecule has 1 aromatic rings. The third kappa shape index (κ3) is 3.09. The van der Waals surface area contributed by atoms with Crippen LogP contribution in [0.5, 0.6) is 0 Å². The van der Waals surface area contributed by atoms with Crippen LogP contribution >= 0.6 is 0 Å². The van der Waals surface area contributed by atoms with Crippen molar-refractivity contribution in [3.05, 3.63) is 35.4 Å². The van der Waals surface area contributed by atoms with E-state index < -0.39 is 11.6 Å². The predicted octanol–water partition coefficient (Wildman–Crippen LogP) is 2.08. The van der Waals surface area contributed by atoms with E-state index in [9.17, 15) is 13.6 Å². The molecule has 1 N–H and O–H groups in total. The molecule has 1 heterocycles. The third-order valence-electron chi connectivity index (χ3n) is 3.11. The summed E-state index contributed by atoms with van der Waals surface area (Å²) in [5.41, 5.74) is 0.541. The molecule has 0 aliphatic carbocycles. The molecule has 1 aromatic carbocycles. The van der Waals surface area contributed by atoms with Gasteiger partial charge in [-0.15, -0.1) is 0 Å². The summed E-state index contributed by atoms with van der Waals surface area (Å²) >= 11 is 0. The Morgan fingerprint density at radius 1 is 1.35 bits per heavy atom. The maximum Gasteiger partial charge on any atom is 0.159 e. The number of hydrogen-bond acceptors (Lipinski definition) is 2. The number of carbonyl (C=O) groups excluding carboxylic acids is 1. The molecule has 0 aromatic heterocycles. The molecule has 1 aliphatic rings. The third-order valence-corrected chi connectivity index (χ3v) is 3.11. The number of rotatable bonds is 3. The van der Waals surface area contributed by atoms with Crippen LogP contribution in [0.15, 0.2) is 18.2 Å². The van der Waals surface area contributed by atoms with E-state index in [1.165, 1.54) is 6.07 Å². The summed E-state index contributed by atoms with van der Waals surface area (Å²) in [7, 11) is 0. The van der Waals surface area contributed by atoms with Gasteiger partial charge in [-0.1, -0.05) is 6.07 Å². The molecule has 1 fully saturated rings. The molecular weight excluding hydrogens is 224 g/mol. The lowest BCUT2D eigenvalue weighted by Crippen LogP contribution is -2.35. The van der Waals surface area contributed by atoms with Gasteiger partial charge in [-0.3, -0.25) is 4.79 Å². The summed E-state index contributed by atoms with van der Waals surface area (Å²) in [6.45, 7) is 1.65. The summed E-state index contributed by atoms with van der Waals surface area (Å²) < 4.78 is 25.7. The van der Waals surface area contributed by atoms with Crippen LogP contribution in [0.1, 0.15) is 18.4 Å². The highest BCUT2D eigenvalue weighted by molar-refractivity contribution is 5.83. The predicted molar refractivity (Wildman–Crippen MR) is 60.7 cm³/mol. The van der Waals surface area contributed by atoms with Gasteiger partial charge in [-0.25, -0.2) is 8.78 Å². The molecule has 1 aliphatic heterocycles. The highest BCUT2D eigenvalue weighted by Gasteiger charge is 2.21. The molecule has 0 amide bonds. The minimum Gasteiger partial charge on any atom is -0.316 e. The molecule has 92 valence electrons. The van der Waals surface area contributed by atoms with Crippen molar-refractivity contribution in [3.63, 3.8) is 0 Å². The van der Waals surface area contributed by atoms with Gasteiger partial charge in [0.05, 0.1) is 0 Å². The zero-order valence-corrected chi connectivity index (χ0v) is 9.51. The minimum atomic E-state index is -0.892. The quantitative estimate of drug-likeness (QED) is 0.875. The Balaban J connectivity index is 1.99. The van der Waals surface area contributed by atoms with E-state index in [4.69, 9.17) is 0 Å². The lowest BCUT2D eigenvalue weighted by Gasteiger charge is -2.21. The highest BCUT2D eigenvalue weighted by atomic mass is 19.2. The van der Waals surface area contributed by atoms with Gasteiger partial charge >= 0.3 is 0 Å². The van der Waals surface area contributed by atoms with Gasteiger partial charge < -0.3 is 5.32 Å². The summed E-state index contributed by atoms with van der Waals surface area (Å²) in [5.74, 6) is -1.65. The molecule has 0 radical (unpaired) electrons. The SMILES string of the molecule is O=C(Cc1ccc(F)c(F)c1)C1CCCNC1. The maximum atomic E-state index is 13.0. The van der Waals surface area contributed by atoms with Crippen LogP contribution in [0.3, 0.4) is 0 Å². The molecule has 1 unspecified atom stereocenters. The first-order valence-corrected chi connectivity index (χ1v) is 5.84. The molecule has 2 rings (SSSR count). The average molecular weight is 239 g/mol. The van der Waals surface area contributed by atoms with Gasteiger partial charge in [-0.2, -0.15) is 0 Å². The summed E-state index contributed by atoms with van der Waals surface area (Å²) in [5, 5.41) is 3.17. The normalized spacial score (nSPS) is 20.2. The Hall–Kier alpha value is -1.29. The van der Waals surface area contributed by atoms with Gasteiger partial charge in [-0.05, 0) is 37.1 Å². The Kier molecular flexibility index (Phi) is 3.84. The second kappa shape index (κ2) is 5.36. The first-order valence-electron chi connectivity index (χ1n) is 5.84. The van der Waals surface area contributed by atoms with E-state index >= 15 is 0 Å². The zero-order chi connectivity index (χ0) is 12.3. The first-order chi connectivity index (χ1) is 8.16. The fourth-order valence-corrected chi connectivity index (χ4v) is 2.12. The fraction of sp³-hybridized carbons (Fsp3) is 0.462. The number of ketones is 1. The monoisotopic (exact) mass is 239 g/mol. The Morgan fingerprint density at radius 3 is 2.82 bits per heavy atom. The molecule has 1 atom stereocenters. The maximum absolute atomic E-state index is 13.0. The standard InChI is InChI=1S/C13H15F2NO/c14-11-4-3-9(6-12(11)15)7-13(17)10-2-1-5-16-8-10/h3-4,6,10,16H,1-2,5,7-8H2. The van der Waals surface area contributed by atoms with E-state index in [1.54, 1.807) is 0 Å². The van der Waals surface area contributed by atoms with Crippen LogP contribution in [0.25, 0.3) is 0 Å². The zero-order valence-electron chi connectivity index (χ0n) is 9.51.